The quantitative estimate of drug-likeness (QED) is 0.712. The fourth-order valence-corrected chi connectivity index (χ4v) is 2.00. The summed E-state index contributed by atoms with van der Waals surface area (Å²) in [7, 11) is 1.69. The maximum absolute atomic E-state index is 10.7. The molecule has 1 aromatic rings. The average molecular weight is 270 g/mol. The van der Waals surface area contributed by atoms with Gasteiger partial charge in [0, 0.05) is 31.5 Å². The van der Waals surface area contributed by atoms with E-state index in [1.165, 1.54) is 0 Å². The topological polar surface area (TPSA) is 29.5 Å². The first-order valence-corrected chi connectivity index (χ1v) is 6.45. The Balaban J connectivity index is 2.89. The van der Waals surface area contributed by atoms with Crippen molar-refractivity contribution in [2.75, 3.05) is 31.7 Å². The maximum Gasteiger partial charge on any atom is 0.151 e. The van der Waals surface area contributed by atoms with E-state index in [1.807, 2.05) is 12.1 Å². The predicted octanol–water partition coefficient (Wildman–Crippen LogP) is 3.26. The highest BCUT2D eigenvalue weighted by molar-refractivity contribution is 6.33. The van der Waals surface area contributed by atoms with Crippen molar-refractivity contribution in [3.63, 3.8) is 0 Å². The van der Waals surface area contributed by atoms with Crippen LogP contribution in [0.4, 0.5) is 5.69 Å². The minimum Gasteiger partial charge on any atom is -0.383 e. The number of hydrogen-bond donors (Lipinski definition) is 0. The molecule has 100 valence electrons. The van der Waals surface area contributed by atoms with E-state index in [0.717, 1.165) is 25.1 Å². The molecule has 0 radical (unpaired) electrons. The molecule has 0 unspecified atom stereocenters. The summed E-state index contributed by atoms with van der Waals surface area (Å²) in [5.74, 6) is 0.548. The van der Waals surface area contributed by atoms with Gasteiger partial charge in [0.25, 0.3) is 0 Å². The number of aldehydes is 1. The number of methoxy groups -OCH3 is 1. The van der Waals surface area contributed by atoms with E-state index < -0.39 is 0 Å². The van der Waals surface area contributed by atoms with Crippen LogP contribution >= 0.6 is 11.6 Å². The molecule has 0 bridgehead atoms. The normalized spacial score (nSPS) is 10.7. The third-order valence-electron chi connectivity index (χ3n) is 2.63. The molecule has 0 amide bonds. The van der Waals surface area contributed by atoms with Gasteiger partial charge in [0.05, 0.1) is 11.6 Å². The molecule has 3 nitrogen and oxygen atoms in total. The number of rotatable bonds is 7. The van der Waals surface area contributed by atoms with Gasteiger partial charge in [-0.1, -0.05) is 25.4 Å². The number of nitrogens with zero attached hydrogens (tertiary/aromatic N) is 1. The van der Waals surface area contributed by atoms with Crippen molar-refractivity contribution in [2.24, 2.45) is 5.92 Å². The van der Waals surface area contributed by atoms with E-state index in [1.54, 1.807) is 13.2 Å². The Labute approximate surface area is 114 Å². The second-order valence-electron chi connectivity index (χ2n) is 4.66. The molecule has 0 N–H and O–H groups in total. The van der Waals surface area contributed by atoms with Crippen LogP contribution in [0.15, 0.2) is 18.2 Å². The number of halogens is 1. The number of carbonyl (C=O) groups is 1. The lowest BCUT2D eigenvalue weighted by Gasteiger charge is -2.26. The van der Waals surface area contributed by atoms with Gasteiger partial charge in [-0.05, 0) is 24.1 Å². The van der Waals surface area contributed by atoms with E-state index in [9.17, 15) is 4.79 Å². The van der Waals surface area contributed by atoms with Crippen molar-refractivity contribution in [3.8, 4) is 0 Å². The van der Waals surface area contributed by atoms with E-state index in [0.29, 0.717) is 23.1 Å². The first kappa shape index (κ1) is 15.0. The van der Waals surface area contributed by atoms with Gasteiger partial charge in [-0.2, -0.15) is 0 Å². The SMILES string of the molecule is COCCN(CC(C)C)c1ccc(C=O)c(Cl)c1. The Hall–Kier alpha value is -1.06. The van der Waals surface area contributed by atoms with Gasteiger partial charge in [-0.3, -0.25) is 4.79 Å². The van der Waals surface area contributed by atoms with Crippen LogP contribution in [0.2, 0.25) is 5.02 Å². The highest BCUT2D eigenvalue weighted by Crippen LogP contribution is 2.23. The highest BCUT2D eigenvalue weighted by Gasteiger charge is 2.10. The zero-order valence-electron chi connectivity index (χ0n) is 11.1. The molecule has 0 aliphatic rings. The van der Waals surface area contributed by atoms with Gasteiger partial charge in [-0.15, -0.1) is 0 Å². The van der Waals surface area contributed by atoms with Crippen molar-refractivity contribution < 1.29 is 9.53 Å². The average Bonchev–Trinajstić information content (AvgIpc) is 2.34. The lowest BCUT2D eigenvalue weighted by molar-refractivity contribution is 0.112. The maximum atomic E-state index is 10.7. The lowest BCUT2D eigenvalue weighted by Crippen LogP contribution is -2.30. The first-order valence-electron chi connectivity index (χ1n) is 6.07. The summed E-state index contributed by atoms with van der Waals surface area (Å²) in [4.78, 5) is 13.0. The number of benzene rings is 1. The van der Waals surface area contributed by atoms with Crippen LogP contribution in [-0.2, 0) is 4.74 Å². The number of anilines is 1. The standard InChI is InChI=1S/C14H20ClNO2/c1-11(2)9-16(6-7-18-3)13-5-4-12(10-17)14(15)8-13/h4-5,8,10-11H,6-7,9H2,1-3H3. The summed E-state index contributed by atoms with van der Waals surface area (Å²) in [6, 6.07) is 5.52. The number of carbonyl (C=O) groups excluding carboxylic acids is 1. The Bertz CT molecular complexity index is 393. The molecule has 4 heteroatoms. The Morgan fingerprint density at radius 3 is 2.67 bits per heavy atom. The highest BCUT2D eigenvalue weighted by atomic mass is 35.5. The molecule has 0 aromatic heterocycles. The van der Waals surface area contributed by atoms with Gasteiger partial charge in [0.1, 0.15) is 0 Å². The van der Waals surface area contributed by atoms with Crippen molar-refractivity contribution in [1.82, 2.24) is 0 Å². The molecule has 0 saturated carbocycles. The van der Waals surface area contributed by atoms with Gasteiger partial charge in [0.15, 0.2) is 6.29 Å². The fraction of sp³-hybridized carbons (Fsp3) is 0.500. The molecule has 0 aliphatic carbocycles. The second kappa shape index (κ2) is 7.39. The molecule has 1 rings (SSSR count). The monoisotopic (exact) mass is 269 g/mol. The minimum absolute atomic E-state index is 0.494. The Kier molecular flexibility index (Phi) is 6.16. The van der Waals surface area contributed by atoms with Crippen molar-refractivity contribution >= 4 is 23.6 Å². The number of ether oxygens (including phenoxy) is 1. The van der Waals surface area contributed by atoms with Crippen LogP contribution in [-0.4, -0.2) is 33.1 Å². The van der Waals surface area contributed by atoms with Crippen molar-refractivity contribution in [1.29, 1.82) is 0 Å². The predicted molar refractivity (Wildman–Crippen MR) is 75.8 cm³/mol. The molecule has 0 aliphatic heterocycles. The summed E-state index contributed by atoms with van der Waals surface area (Å²) >= 11 is 6.06. The van der Waals surface area contributed by atoms with Gasteiger partial charge < -0.3 is 9.64 Å². The van der Waals surface area contributed by atoms with Gasteiger partial charge in [-0.25, -0.2) is 0 Å². The third kappa shape index (κ3) is 4.31. The fourth-order valence-electron chi connectivity index (χ4n) is 1.78. The Morgan fingerprint density at radius 1 is 1.44 bits per heavy atom. The molecule has 0 heterocycles. The van der Waals surface area contributed by atoms with Crippen molar-refractivity contribution in [3.05, 3.63) is 28.8 Å². The van der Waals surface area contributed by atoms with Crippen LogP contribution in [0.3, 0.4) is 0 Å². The molecule has 1 aromatic carbocycles. The zero-order valence-corrected chi connectivity index (χ0v) is 11.9. The molecule has 0 fully saturated rings. The summed E-state index contributed by atoms with van der Waals surface area (Å²) < 4.78 is 5.12. The van der Waals surface area contributed by atoms with E-state index in [-0.39, 0.29) is 0 Å². The smallest absolute Gasteiger partial charge is 0.151 e. The number of hydrogen-bond acceptors (Lipinski definition) is 3. The minimum atomic E-state index is 0.494. The third-order valence-corrected chi connectivity index (χ3v) is 2.95. The van der Waals surface area contributed by atoms with Gasteiger partial charge in [0.2, 0.25) is 0 Å². The van der Waals surface area contributed by atoms with E-state index >= 15 is 0 Å². The van der Waals surface area contributed by atoms with Gasteiger partial charge >= 0.3 is 0 Å². The summed E-state index contributed by atoms with van der Waals surface area (Å²) in [6.07, 6.45) is 0.772. The first-order chi connectivity index (χ1) is 8.58. The molecular weight excluding hydrogens is 250 g/mol. The molecular formula is C14H20ClNO2. The zero-order chi connectivity index (χ0) is 13.5. The van der Waals surface area contributed by atoms with Crippen LogP contribution in [0.5, 0.6) is 0 Å². The molecule has 0 saturated heterocycles. The summed E-state index contributed by atoms with van der Waals surface area (Å²) in [6.45, 7) is 6.74. The lowest BCUT2D eigenvalue weighted by atomic mass is 10.1. The van der Waals surface area contributed by atoms with Crippen LogP contribution in [0, 0.1) is 5.92 Å². The van der Waals surface area contributed by atoms with Crippen LogP contribution in [0.1, 0.15) is 24.2 Å². The second-order valence-corrected chi connectivity index (χ2v) is 5.06. The Morgan fingerprint density at radius 2 is 2.17 bits per heavy atom. The van der Waals surface area contributed by atoms with E-state index in [2.05, 4.69) is 18.7 Å². The van der Waals surface area contributed by atoms with Crippen LogP contribution < -0.4 is 4.90 Å². The van der Waals surface area contributed by atoms with E-state index in [4.69, 9.17) is 16.3 Å². The van der Waals surface area contributed by atoms with Crippen molar-refractivity contribution in [2.45, 2.75) is 13.8 Å². The largest absolute Gasteiger partial charge is 0.383 e. The summed E-state index contributed by atoms with van der Waals surface area (Å²) in [5.41, 5.74) is 1.55. The summed E-state index contributed by atoms with van der Waals surface area (Å²) in [5, 5.41) is 0.494. The van der Waals surface area contributed by atoms with Crippen LogP contribution in [0.25, 0.3) is 0 Å². The molecule has 0 spiro atoms. The molecule has 0 atom stereocenters. The molecule has 18 heavy (non-hydrogen) atoms.